The molecule has 0 aliphatic rings. The fourth-order valence-electron chi connectivity index (χ4n) is 2.21. The van der Waals surface area contributed by atoms with Gasteiger partial charge in [0.05, 0.1) is 25.2 Å². The molecule has 0 fully saturated rings. The van der Waals surface area contributed by atoms with Crippen molar-refractivity contribution in [3.8, 4) is 0 Å². The van der Waals surface area contributed by atoms with Gasteiger partial charge < -0.3 is 25.2 Å². The van der Waals surface area contributed by atoms with Crippen LogP contribution in [0.3, 0.4) is 0 Å². The first-order valence-electron chi connectivity index (χ1n) is 8.99. The molecule has 0 aliphatic carbocycles. The summed E-state index contributed by atoms with van der Waals surface area (Å²) in [6, 6.07) is -1.48. The van der Waals surface area contributed by atoms with Gasteiger partial charge in [0.1, 0.15) is 11.6 Å². The average molecular weight is 374 g/mol. The van der Waals surface area contributed by atoms with E-state index < -0.39 is 41.8 Å². The van der Waals surface area contributed by atoms with E-state index in [2.05, 4.69) is 10.6 Å². The Bertz CT molecular complexity index is 473. The van der Waals surface area contributed by atoms with Gasteiger partial charge in [-0.3, -0.25) is 9.59 Å². The lowest BCUT2D eigenvalue weighted by atomic mass is 9.97. The molecule has 0 rings (SSSR count). The molecule has 0 heterocycles. The van der Waals surface area contributed by atoms with Gasteiger partial charge in [-0.2, -0.15) is 0 Å². The molecule has 0 unspecified atom stereocenters. The Hall–Kier alpha value is -1.83. The number of ether oxygens (including phenoxy) is 2. The van der Waals surface area contributed by atoms with E-state index in [1.165, 1.54) is 6.92 Å². The summed E-state index contributed by atoms with van der Waals surface area (Å²) < 4.78 is 9.95. The minimum atomic E-state index is -1.07. The van der Waals surface area contributed by atoms with Crippen LogP contribution in [0, 0.1) is 5.92 Å². The highest BCUT2D eigenvalue weighted by Crippen LogP contribution is 2.12. The highest BCUT2D eigenvalue weighted by Gasteiger charge is 2.28. The maximum atomic E-state index is 12.3. The van der Waals surface area contributed by atoms with Crippen molar-refractivity contribution in [1.29, 1.82) is 0 Å². The number of hydrogen-bond donors (Lipinski definition) is 3. The molecule has 0 spiro atoms. The summed E-state index contributed by atoms with van der Waals surface area (Å²) in [4.78, 5) is 35.7. The molecule has 0 aromatic carbocycles. The zero-order valence-corrected chi connectivity index (χ0v) is 16.9. The second-order valence-corrected chi connectivity index (χ2v) is 7.69. The molecule has 0 saturated heterocycles. The Labute approximate surface area is 156 Å². The van der Waals surface area contributed by atoms with Gasteiger partial charge in [-0.1, -0.05) is 13.8 Å². The van der Waals surface area contributed by atoms with E-state index in [1.54, 1.807) is 27.7 Å². The molecule has 0 aromatic heterocycles. The quantitative estimate of drug-likeness (QED) is 0.530. The van der Waals surface area contributed by atoms with E-state index >= 15 is 0 Å². The van der Waals surface area contributed by atoms with Crippen LogP contribution in [0.5, 0.6) is 0 Å². The number of aliphatic hydroxyl groups is 1. The number of aliphatic hydroxyl groups excluding tert-OH is 1. The molecule has 2 amide bonds. The minimum Gasteiger partial charge on any atom is -0.466 e. The molecular weight excluding hydrogens is 340 g/mol. The molecule has 0 aromatic rings. The topological polar surface area (TPSA) is 114 Å². The summed E-state index contributed by atoms with van der Waals surface area (Å²) in [5.41, 5.74) is -0.670. The SMILES string of the molecule is CCOC(=O)C[C@H](O)[C@H](CC(C)C)NC(=O)[C@H](C)NC(=O)OC(C)(C)C. The van der Waals surface area contributed by atoms with Gasteiger partial charge in [-0.05, 0) is 47.0 Å². The van der Waals surface area contributed by atoms with Crippen molar-refractivity contribution in [3.63, 3.8) is 0 Å². The third kappa shape index (κ3) is 10.9. The van der Waals surface area contributed by atoms with E-state index in [0.717, 1.165) is 0 Å². The lowest BCUT2D eigenvalue weighted by molar-refractivity contribution is -0.146. The first-order valence-corrected chi connectivity index (χ1v) is 8.99. The van der Waals surface area contributed by atoms with Crippen molar-refractivity contribution in [2.45, 2.75) is 85.1 Å². The number of nitrogens with one attached hydrogen (secondary N) is 2. The third-order valence-electron chi connectivity index (χ3n) is 3.33. The molecule has 0 bridgehead atoms. The monoisotopic (exact) mass is 374 g/mol. The molecule has 3 N–H and O–H groups in total. The van der Waals surface area contributed by atoms with Crippen molar-refractivity contribution >= 4 is 18.0 Å². The number of rotatable bonds is 9. The average Bonchev–Trinajstić information content (AvgIpc) is 2.43. The lowest BCUT2D eigenvalue weighted by Gasteiger charge is -2.27. The molecule has 0 aliphatic heterocycles. The maximum Gasteiger partial charge on any atom is 0.408 e. The van der Waals surface area contributed by atoms with E-state index in [-0.39, 0.29) is 18.9 Å². The second kappa shape index (κ2) is 11.0. The Morgan fingerprint density at radius 2 is 1.65 bits per heavy atom. The summed E-state index contributed by atoms with van der Waals surface area (Å²) in [6.07, 6.45) is -1.51. The standard InChI is InChI=1S/C18H34N2O6/c1-8-25-15(22)10-14(21)13(9-11(2)3)20-16(23)12(4)19-17(24)26-18(5,6)7/h11-14,21H,8-10H2,1-7H3,(H,19,24)(H,20,23)/t12-,13-,14-/m0/s1. The highest BCUT2D eigenvalue weighted by molar-refractivity contribution is 5.85. The first kappa shape index (κ1) is 24.2. The largest absolute Gasteiger partial charge is 0.466 e. The fraction of sp³-hybridized carbons (Fsp3) is 0.833. The van der Waals surface area contributed by atoms with Gasteiger partial charge in [0.25, 0.3) is 0 Å². The minimum absolute atomic E-state index is 0.186. The molecule has 0 radical (unpaired) electrons. The van der Waals surface area contributed by atoms with Crippen LogP contribution >= 0.6 is 0 Å². The summed E-state index contributed by atoms with van der Waals surface area (Å²) in [5, 5.41) is 15.4. The number of amides is 2. The number of carbonyl (C=O) groups is 3. The van der Waals surface area contributed by atoms with Crippen LogP contribution in [0.4, 0.5) is 4.79 Å². The maximum absolute atomic E-state index is 12.3. The summed E-state index contributed by atoms with van der Waals surface area (Å²) in [7, 11) is 0. The number of hydrogen-bond acceptors (Lipinski definition) is 6. The predicted molar refractivity (Wildman–Crippen MR) is 97.5 cm³/mol. The van der Waals surface area contributed by atoms with Crippen molar-refractivity contribution in [1.82, 2.24) is 10.6 Å². The smallest absolute Gasteiger partial charge is 0.408 e. The molecule has 8 nitrogen and oxygen atoms in total. The molecular formula is C18H34N2O6. The van der Waals surface area contributed by atoms with E-state index in [1.807, 2.05) is 13.8 Å². The van der Waals surface area contributed by atoms with E-state index in [9.17, 15) is 19.5 Å². The van der Waals surface area contributed by atoms with Crippen molar-refractivity contribution in [2.75, 3.05) is 6.61 Å². The summed E-state index contributed by atoms with van der Waals surface area (Å²) >= 11 is 0. The van der Waals surface area contributed by atoms with Gasteiger partial charge in [0.15, 0.2) is 0 Å². The van der Waals surface area contributed by atoms with Crippen LogP contribution < -0.4 is 10.6 Å². The van der Waals surface area contributed by atoms with Crippen LogP contribution in [0.2, 0.25) is 0 Å². The van der Waals surface area contributed by atoms with Crippen LogP contribution in [-0.2, 0) is 19.1 Å². The molecule has 152 valence electrons. The predicted octanol–water partition coefficient (Wildman–Crippen LogP) is 1.74. The lowest BCUT2D eigenvalue weighted by Crippen LogP contribution is -2.52. The summed E-state index contributed by atoms with van der Waals surface area (Å²) in [6.45, 7) is 12.5. The number of carbonyl (C=O) groups excluding carboxylic acids is 3. The Kier molecular flexibility index (Phi) is 10.2. The fourth-order valence-corrected chi connectivity index (χ4v) is 2.21. The molecule has 3 atom stereocenters. The Morgan fingerprint density at radius 1 is 1.08 bits per heavy atom. The van der Waals surface area contributed by atoms with Gasteiger partial charge in [0.2, 0.25) is 5.91 Å². The van der Waals surface area contributed by atoms with Crippen LogP contribution in [0.15, 0.2) is 0 Å². The number of esters is 1. The third-order valence-corrected chi connectivity index (χ3v) is 3.33. The zero-order valence-electron chi connectivity index (χ0n) is 16.9. The Balaban J connectivity index is 4.80. The normalized spacial score (nSPS) is 15.0. The van der Waals surface area contributed by atoms with Gasteiger partial charge in [-0.25, -0.2) is 4.79 Å². The van der Waals surface area contributed by atoms with Crippen molar-refractivity contribution in [2.24, 2.45) is 5.92 Å². The van der Waals surface area contributed by atoms with E-state index in [4.69, 9.17) is 9.47 Å². The Morgan fingerprint density at radius 3 is 2.12 bits per heavy atom. The van der Waals surface area contributed by atoms with Crippen molar-refractivity contribution < 1.29 is 29.0 Å². The van der Waals surface area contributed by atoms with Crippen LogP contribution in [-0.4, -0.2) is 53.5 Å². The van der Waals surface area contributed by atoms with E-state index in [0.29, 0.717) is 6.42 Å². The highest BCUT2D eigenvalue weighted by atomic mass is 16.6. The first-order chi connectivity index (χ1) is 11.9. The summed E-state index contributed by atoms with van der Waals surface area (Å²) in [5.74, 6) is -0.807. The second-order valence-electron chi connectivity index (χ2n) is 7.69. The number of alkyl carbamates (subject to hydrolysis) is 1. The van der Waals surface area contributed by atoms with Crippen molar-refractivity contribution in [3.05, 3.63) is 0 Å². The zero-order chi connectivity index (χ0) is 20.5. The van der Waals surface area contributed by atoms with Crippen LogP contribution in [0.25, 0.3) is 0 Å². The molecule has 0 saturated carbocycles. The van der Waals surface area contributed by atoms with Gasteiger partial charge in [-0.15, -0.1) is 0 Å². The van der Waals surface area contributed by atoms with Gasteiger partial charge in [0, 0.05) is 0 Å². The van der Waals surface area contributed by atoms with Gasteiger partial charge >= 0.3 is 12.1 Å². The molecule has 8 heteroatoms. The molecule has 26 heavy (non-hydrogen) atoms. The van der Waals surface area contributed by atoms with Crippen LogP contribution in [0.1, 0.15) is 61.3 Å².